The first-order chi connectivity index (χ1) is 14.0. The van der Waals surface area contributed by atoms with E-state index < -0.39 is 5.97 Å². The van der Waals surface area contributed by atoms with Crippen LogP contribution in [0.5, 0.6) is 17.2 Å². The molecule has 0 radical (unpaired) electrons. The van der Waals surface area contributed by atoms with E-state index in [1.807, 2.05) is 36.4 Å². The number of piperidine rings is 1. The van der Waals surface area contributed by atoms with Crippen LogP contribution in [-0.2, 0) is 4.79 Å². The SMILES string of the molecule is COc1ccc(C(c2cc(Br)ccc2OC)N2CCCC(C(=O)O)C2)cc1OC. The quantitative estimate of drug-likeness (QED) is 0.657. The third-order valence-electron chi connectivity index (χ3n) is 5.38. The van der Waals surface area contributed by atoms with E-state index in [-0.39, 0.29) is 12.0 Å². The van der Waals surface area contributed by atoms with Crippen LogP contribution in [0.3, 0.4) is 0 Å². The van der Waals surface area contributed by atoms with E-state index in [0.717, 1.165) is 34.3 Å². The maximum absolute atomic E-state index is 11.7. The molecular formula is C22H26BrNO5. The highest BCUT2D eigenvalue weighted by Crippen LogP contribution is 2.41. The average molecular weight is 464 g/mol. The zero-order valence-electron chi connectivity index (χ0n) is 16.9. The number of nitrogens with zero attached hydrogens (tertiary/aromatic N) is 1. The zero-order chi connectivity index (χ0) is 21.0. The minimum atomic E-state index is -0.748. The van der Waals surface area contributed by atoms with Gasteiger partial charge in [0, 0.05) is 16.6 Å². The number of likely N-dealkylation sites (tertiary alicyclic amines) is 1. The Labute approximate surface area is 179 Å². The van der Waals surface area contributed by atoms with Crippen molar-refractivity contribution in [2.75, 3.05) is 34.4 Å². The standard InChI is InChI=1S/C22H26BrNO5/c1-27-18-9-7-16(23)12-17(18)21(24-10-4-5-15(13-24)22(25)26)14-6-8-19(28-2)20(11-14)29-3/h6-9,11-12,15,21H,4-5,10,13H2,1-3H3,(H,25,26). The van der Waals surface area contributed by atoms with Crippen molar-refractivity contribution in [1.82, 2.24) is 4.90 Å². The van der Waals surface area contributed by atoms with E-state index >= 15 is 0 Å². The van der Waals surface area contributed by atoms with E-state index in [0.29, 0.717) is 24.5 Å². The monoisotopic (exact) mass is 463 g/mol. The molecule has 3 rings (SSSR count). The molecule has 29 heavy (non-hydrogen) atoms. The molecule has 1 heterocycles. The summed E-state index contributed by atoms with van der Waals surface area (Å²) >= 11 is 3.56. The fraction of sp³-hybridized carbons (Fsp3) is 0.409. The molecule has 1 aliphatic rings. The van der Waals surface area contributed by atoms with Gasteiger partial charge in [-0.15, -0.1) is 0 Å². The molecule has 1 N–H and O–H groups in total. The molecular weight excluding hydrogens is 438 g/mol. The maximum Gasteiger partial charge on any atom is 0.307 e. The molecule has 156 valence electrons. The van der Waals surface area contributed by atoms with Gasteiger partial charge < -0.3 is 19.3 Å². The van der Waals surface area contributed by atoms with E-state index in [9.17, 15) is 9.90 Å². The van der Waals surface area contributed by atoms with Crippen molar-refractivity contribution in [3.05, 3.63) is 52.0 Å². The van der Waals surface area contributed by atoms with Gasteiger partial charge in [-0.3, -0.25) is 9.69 Å². The number of hydrogen-bond donors (Lipinski definition) is 1. The summed E-state index contributed by atoms with van der Waals surface area (Å²) in [5.74, 6) is 0.908. The highest BCUT2D eigenvalue weighted by atomic mass is 79.9. The van der Waals surface area contributed by atoms with Crippen molar-refractivity contribution < 1.29 is 24.1 Å². The summed E-state index contributed by atoms with van der Waals surface area (Å²) in [6, 6.07) is 11.5. The van der Waals surface area contributed by atoms with Crippen molar-refractivity contribution in [3.63, 3.8) is 0 Å². The molecule has 1 saturated heterocycles. The summed E-state index contributed by atoms with van der Waals surface area (Å²) in [6.07, 6.45) is 1.52. The Balaban J connectivity index is 2.12. The topological polar surface area (TPSA) is 68.2 Å². The lowest BCUT2D eigenvalue weighted by molar-refractivity contribution is -0.143. The molecule has 0 amide bonds. The fourth-order valence-corrected chi connectivity index (χ4v) is 4.35. The van der Waals surface area contributed by atoms with E-state index in [2.05, 4.69) is 20.8 Å². The van der Waals surface area contributed by atoms with Crippen LogP contribution in [-0.4, -0.2) is 50.4 Å². The largest absolute Gasteiger partial charge is 0.496 e. The Morgan fingerprint density at radius 1 is 1.07 bits per heavy atom. The molecule has 2 atom stereocenters. The van der Waals surface area contributed by atoms with Gasteiger partial charge in [0.05, 0.1) is 33.3 Å². The van der Waals surface area contributed by atoms with Gasteiger partial charge in [0.15, 0.2) is 11.5 Å². The normalized spacial score (nSPS) is 18.1. The maximum atomic E-state index is 11.7. The van der Waals surface area contributed by atoms with E-state index in [1.54, 1.807) is 21.3 Å². The van der Waals surface area contributed by atoms with E-state index in [1.165, 1.54) is 0 Å². The lowest BCUT2D eigenvalue weighted by Gasteiger charge is -2.38. The highest BCUT2D eigenvalue weighted by Gasteiger charge is 2.33. The van der Waals surface area contributed by atoms with Crippen molar-refractivity contribution >= 4 is 21.9 Å². The number of carbonyl (C=O) groups is 1. The van der Waals surface area contributed by atoms with Gasteiger partial charge >= 0.3 is 5.97 Å². The van der Waals surface area contributed by atoms with Crippen molar-refractivity contribution in [2.24, 2.45) is 5.92 Å². The van der Waals surface area contributed by atoms with Crippen LogP contribution in [0.4, 0.5) is 0 Å². The predicted molar refractivity (Wildman–Crippen MR) is 114 cm³/mol. The second-order valence-corrected chi connectivity index (χ2v) is 7.99. The summed E-state index contributed by atoms with van der Waals surface area (Å²) < 4.78 is 17.5. The first-order valence-electron chi connectivity index (χ1n) is 9.50. The Kier molecular flexibility index (Phi) is 7.03. The molecule has 2 aromatic carbocycles. The molecule has 2 aromatic rings. The first kappa shape index (κ1) is 21.5. The van der Waals surface area contributed by atoms with Crippen LogP contribution in [0.15, 0.2) is 40.9 Å². The number of ether oxygens (including phenoxy) is 3. The summed E-state index contributed by atoms with van der Waals surface area (Å²) in [5.41, 5.74) is 1.96. The van der Waals surface area contributed by atoms with Crippen molar-refractivity contribution in [1.29, 1.82) is 0 Å². The molecule has 2 unspecified atom stereocenters. The van der Waals surface area contributed by atoms with Crippen LogP contribution >= 0.6 is 15.9 Å². The Bertz CT molecular complexity index is 872. The second kappa shape index (κ2) is 9.50. The summed E-state index contributed by atoms with van der Waals surface area (Å²) in [7, 11) is 4.86. The molecule has 6 nitrogen and oxygen atoms in total. The van der Waals surface area contributed by atoms with Gasteiger partial charge in [-0.1, -0.05) is 22.0 Å². The van der Waals surface area contributed by atoms with Gasteiger partial charge in [0.2, 0.25) is 0 Å². The average Bonchev–Trinajstić information content (AvgIpc) is 2.74. The number of carboxylic acid groups (broad SMARTS) is 1. The van der Waals surface area contributed by atoms with E-state index in [4.69, 9.17) is 14.2 Å². The van der Waals surface area contributed by atoms with Crippen molar-refractivity contribution in [3.8, 4) is 17.2 Å². The molecule has 0 saturated carbocycles. The number of rotatable bonds is 7. The van der Waals surface area contributed by atoms with Crippen LogP contribution in [0.1, 0.15) is 30.0 Å². The molecule has 1 aliphatic heterocycles. The second-order valence-electron chi connectivity index (χ2n) is 7.08. The minimum absolute atomic E-state index is 0.176. The molecule has 0 spiro atoms. The van der Waals surface area contributed by atoms with Crippen LogP contribution in [0, 0.1) is 5.92 Å². The summed E-state index contributed by atoms with van der Waals surface area (Å²) in [4.78, 5) is 13.9. The smallest absolute Gasteiger partial charge is 0.307 e. The lowest BCUT2D eigenvalue weighted by atomic mass is 9.91. The third-order valence-corrected chi connectivity index (χ3v) is 5.87. The van der Waals surface area contributed by atoms with Crippen LogP contribution < -0.4 is 14.2 Å². The number of aliphatic carboxylic acids is 1. The fourth-order valence-electron chi connectivity index (χ4n) is 3.97. The molecule has 0 bridgehead atoms. The van der Waals surface area contributed by atoms with Gasteiger partial charge in [0.1, 0.15) is 5.75 Å². The predicted octanol–water partition coefficient (Wildman–Crippen LogP) is 4.36. The molecule has 0 aromatic heterocycles. The zero-order valence-corrected chi connectivity index (χ0v) is 18.4. The van der Waals surface area contributed by atoms with Gasteiger partial charge in [-0.05, 0) is 55.3 Å². The Morgan fingerprint density at radius 2 is 1.76 bits per heavy atom. The third kappa shape index (κ3) is 4.67. The first-order valence-corrected chi connectivity index (χ1v) is 10.3. The highest BCUT2D eigenvalue weighted by molar-refractivity contribution is 9.10. The number of hydrogen-bond acceptors (Lipinski definition) is 5. The van der Waals surface area contributed by atoms with Gasteiger partial charge in [0.25, 0.3) is 0 Å². The van der Waals surface area contributed by atoms with Gasteiger partial charge in [-0.25, -0.2) is 0 Å². The van der Waals surface area contributed by atoms with Crippen LogP contribution in [0.25, 0.3) is 0 Å². The number of carboxylic acids is 1. The Morgan fingerprint density at radius 3 is 2.41 bits per heavy atom. The minimum Gasteiger partial charge on any atom is -0.496 e. The molecule has 7 heteroatoms. The number of halogens is 1. The lowest BCUT2D eigenvalue weighted by Crippen LogP contribution is -2.41. The summed E-state index contributed by atoms with van der Waals surface area (Å²) in [5, 5.41) is 9.58. The Hall–Kier alpha value is -2.25. The van der Waals surface area contributed by atoms with Crippen LogP contribution in [0.2, 0.25) is 0 Å². The number of benzene rings is 2. The number of methoxy groups -OCH3 is 3. The van der Waals surface area contributed by atoms with Crippen molar-refractivity contribution in [2.45, 2.75) is 18.9 Å². The summed E-state index contributed by atoms with van der Waals surface area (Å²) in [6.45, 7) is 1.28. The molecule has 1 fully saturated rings. The van der Waals surface area contributed by atoms with Gasteiger partial charge in [-0.2, -0.15) is 0 Å². The molecule has 0 aliphatic carbocycles.